The Hall–Kier alpha value is -0.810. The van der Waals surface area contributed by atoms with Crippen molar-refractivity contribution in [1.82, 2.24) is 9.80 Å². The highest BCUT2D eigenvalue weighted by Gasteiger charge is 2.18. The Labute approximate surface area is 138 Å². The second kappa shape index (κ2) is 8.16. The summed E-state index contributed by atoms with van der Waals surface area (Å²) in [6, 6.07) is 3.84. The zero-order chi connectivity index (χ0) is 16.1. The molecule has 4 nitrogen and oxygen atoms in total. The van der Waals surface area contributed by atoms with Crippen LogP contribution in [0.4, 0.5) is 0 Å². The van der Waals surface area contributed by atoms with Crippen molar-refractivity contribution in [3.8, 4) is 5.75 Å². The number of benzene rings is 1. The molecule has 0 radical (unpaired) electrons. The number of β-amino-alcohol motifs (C(OH)–C–C–N with tert-alkyl or cyclic N) is 1. The highest BCUT2D eigenvalue weighted by molar-refractivity contribution is 6.32. The van der Waals surface area contributed by atoms with Gasteiger partial charge in [0.15, 0.2) is 0 Å². The molecule has 1 aliphatic heterocycles. The van der Waals surface area contributed by atoms with Crippen molar-refractivity contribution in [3.05, 3.63) is 28.3 Å². The van der Waals surface area contributed by atoms with E-state index in [9.17, 15) is 5.11 Å². The number of ether oxygens (including phenoxy) is 1. The Bertz CT molecular complexity index is 465. The van der Waals surface area contributed by atoms with E-state index in [4.69, 9.17) is 16.3 Å². The van der Waals surface area contributed by atoms with Crippen molar-refractivity contribution in [2.45, 2.75) is 26.9 Å². The van der Waals surface area contributed by atoms with Gasteiger partial charge >= 0.3 is 0 Å². The van der Waals surface area contributed by atoms with Gasteiger partial charge in [0.05, 0.1) is 0 Å². The number of aliphatic hydroxyl groups excluding tert-OH is 1. The molecule has 1 N–H and O–H groups in total. The Kier molecular flexibility index (Phi) is 6.50. The summed E-state index contributed by atoms with van der Waals surface area (Å²) in [7, 11) is 0. The van der Waals surface area contributed by atoms with Gasteiger partial charge in [-0.15, -0.1) is 0 Å². The summed E-state index contributed by atoms with van der Waals surface area (Å²) >= 11 is 6.15. The van der Waals surface area contributed by atoms with Gasteiger partial charge in [0.25, 0.3) is 0 Å². The molecule has 0 aliphatic carbocycles. The van der Waals surface area contributed by atoms with Gasteiger partial charge in [-0.1, -0.05) is 18.5 Å². The van der Waals surface area contributed by atoms with E-state index in [0.717, 1.165) is 54.6 Å². The average molecular weight is 327 g/mol. The molecular weight excluding hydrogens is 300 g/mol. The summed E-state index contributed by atoms with van der Waals surface area (Å²) < 4.78 is 5.72. The molecule has 124 valence electrons. The van der Waals surface area contributed by atoms with Gasteiger partial charge in [-0.2, -0.15) is 0 Å². The van der Waals surface area contributed by atoms with Gasteiger partial charge in [-0.25, -0.2) is 0 Å². The van der Waals surface area contributed by atoms with Crippen LogP contribution in [0.2, 0.25) is 5.02 Å². The maximum absolute atomic E-state index is 10.2. The predicted octanol–water partition coefficient (Wildman–Crippen LogP) is 2.33. The minimum absolute atomic E-state index is 0.314. The fourth-order valence-corrected chi connectivity index (χ4v) is 2.93. The van der Waals surface area contributed by atoms with Gasteiger partial charge in [-0.05, 0) is 43.7 Å². The van der Waals surface area contributed by atoms with Crippen molar-refractivity contribution in [3.63, 3.8) is 0 Å². The van der Waals surface area contributed by atoms with Crippen LogP contribution >= 0.6 is 11.6 Å². The molecule has 0 bridgehead atoms. The third-order valence-electron chi connectivity index (χ3n) is 4.23. The molecule has 22 heavy (non-hydrogen) atoms. The molecule has 1 aromatic rings. The van der Waals surface area contributed by atoms with Crippen LogP contribution in [0.3, 0.4) is 0 Å². The SMILES string of the molecule is CCN1CCN(C[C@@H](O)COc2cc(C)c(Cl)c(C)c2)CC1. The molecular formula is C17H27ClN2O2. The van der Waals surface area contributed by atoms with E-state index in [1.807, 2.05) is 26.0 Å². The van der Waals surface area contributed by atoms with Gasteiger partial charge in [0.1, 0.15) is 18.5 Å². The van der Waals surface area contributed by atoms with E-state index < -0.39 is 6.10 Å². The van der Waals surface area contributed by atoms with Crippen molar-refractivity contribution >= 4 is 11.6 Å². The molecule has 1 heterocycles. The molecule has 1 saturated heterocycles. The second-order valence-electron chi connectivity index (χ2n) is 6.07. The van der Waals surface area contributed by atoms with Crippen LogP contribution in [0.1, 0.15) is 18.1 Å². The van der Waals surface area contributed by atoms with E-state index in [1.54, 1.807) is 0 Å². The number of hydrogen-bond acceptors (Lipinski definition) is 4. The first-order valence-electron chi connectivity index (χ1n) is 8.02. The Morgan fingerprint density at radius 2 is 1.68 bits per heavy atom. The summed E-state index contributed by atoms with van der Waals surface area (Å²) in [4.78, 5) is 4.73. The van der Waals surface area contributed by atoms with Gasteiger partial charge in [0.2, 0.25) is 0 Å². The number of rotatable bonds is 6. The van der Waals surface area contributed by atoms with Gasteiger partial charge in [0, 0.05) is 37.7 Å². The first-order valence-corrected chi connectivity index (χ1v) is 8.39. The van der Waals surface area contributed by atoms with Crippen molar-refractivity contribution in [2.24, 2.45) is 0 Å². The molecule has 1 aliphatic rings. The summed E-state index contributed by atoms with van der Waals surface area (Å²) in [6.45, 7) is 12.4. The number of aryl methyl sites for hydroxylation is 2. The van der Waals surface area contributed by atoms with E-state index >= 15 is 0 Å². The summed E-state index contributed by atoms with van der Waals surface area (Å²) in [5.41, 5.74) is 2.00. The number of likely N-dealkylation sites (N-methyl/N-ethyl adjacent to an activating group) is 1. The number of hydrogen-bond donors (Lipinski definition) is 1. The molecule has 1 atom stereocenters. The summed E-state index contributed by atoms with van der Waals surface area (Å²) in [5.74, 6) is 0.772. The van der Waals surface area contributed by atoms with Crippen LogP contribution in [-0.4, -0.2) is 66.9 Å². The van der Waals surface area contributed by atoms with Gasteiger partial charge < -0.3 is 14.7 Å². The monoisotopic (exact) mass is 326 g/mol. The van der Waals surface area contributed by atoms with Crippen LogP contribution in [0, 0.1) is 13.8 Å². The lowest BCUT2D eigenvalue weighted by Crippen LogP contribution is -2.49. The maximum Gasteiger partial charge on any atom is 0.120 e. The fourth-order valence-electron chi connectivity index (χ4n) is 2.82. The van der Waals surface area contributed by atoms with Crippen LogP contribution in [0.25, 0.3) is 0 Å². The lowest BCUT2D eigenvalue weighted by atomic mass is 10.1. The Balaban J connectivity index is 1.77. The lowest BCUT2D eigenvalue weighted by molar-refractivity contribution is 0.0470. The molecule has 0 saturated carbocycles. The molecule has 0 unspecified atom stereocenters. The molecule has 2 rings (SSSR count). The minimum Gasteiger partial charge on any atom is -0.491 e. The summed E-state index contributed by atoms with van der Waals surface area (Å²) in [6.07, 6.45) is -0.468. The smallest absolute Gasteiger partial charge is 0.120 e. The minimum atomic E-state index is -0.468. The Morgan fingerprint density at radius 3 is 2.23 bits per heavy atom. The molecule has 1 aromatic carbocycles. The van der Waals surface area contributed by atoms with Gasteiger partial charge in [-0.3, -0.25) is 4.90 Å². The third-order valence-corrected chi connectivity index (χ3v) is 4.83. The predicted molar refractivity (Wildman–Crippen MR) is 91.0 cm³/mol. The standard InChI is InChI=1S/C17H27ClN2O2/c1-4-19-5-7-20(8-6-19)11-15(21)12-22-16-9-13(2)17(18)14(3)10-16/h9-10,15,21H,4-8,11-12H2,1-3H3/t15-/m1/s1. The van der Waals surface area contributed by atoms with Crippen LogP contribution in [0.5, 0.6) is 5.75 Å². The highest BCUT2D eigenvalue weighted by atomic mass is 35.5. The average Bonchev–Trinajstić information content (AvgIpc) is 2.51. The maximum atomic E-state index is 10.2. The van der Waals surface area contributed by atoms with E-state index in [1.165, 1.54) is 0 Å². The third kappa shape index (κ3) is 4.85. The zero-order valence-electron chi connectivity index (χ0n) is 13.8. The number of aliphatic hydroxyl groups is 1. The molecule has 0 spiro atoms. The number of nitrogens with zero attached hydrogens (tertiary/aromatic N) is 2. The van der Waals surface area contributed by atoms with E-state index in [0.29, 0.717) is 13.2 Å². The summed E-state index contributed by atoms with van der Waals surface area (Å²) in [5, 5.41) is 11.0. The number of piperazine rings is 1. The zero-order valence-corrected chi connectivity index (χ0v) is 14.6. The van der Waals surface area contributed by atoms with Crippen LogP contribution < -0.4 is 4.74 Å². The topological polar surface area (TPSA) is 35.9 Å². The quantitative estimate of drug-likeness (QED) is 0.870. The van der Waals surface area contributed by atoms with E-state index in [-0.39, 0.29) is 0 Å². The first kappa shape index (κ1) is 17.5. The second-order valence-corrected chi connectivity index (χ2v) is 6.45. The highest BCUT2D eigenvalue weighted by Crippen LogP contribution is 2.25. The largest absolute Gasteiger partial charge is 0.491 e. The number of halogens is 1. The first-order chi connectivity index (χ1) is 10.5. The normalized spacial score (nSPS) is 18.4. The lowest BCUT2D eigenvalue weighted by Gasteiger charge is -2.34. The van der Waals surface area contributed by atoms with Crippen LogP contribution in [-0.2, 0) is 0 Å². The molecule has 0 aromatic heterocycles. The Morgan fingerprint density at radius 1 is 1.14 bits per heavy atom. The van der Waals surface area contributed by atoms with E-state index in [2.05, 4.69) is 16.7 Å². The van der Waals surface area contributed by atoms with Crippen LogP contribution in [0.15, 0.2) is 12.1 Å². The molecule has 5 heteroatoms. The molecule has 1 fully saturated rings. The van der Waals surface area contributed by atoms with Crippen molar-refractivity contribution in [1.29, 1.82) is 0 Å². The van der Waals surface area contributed by atoms with Crippen molar-refractivity contribution in [2.75, 3.05) is 45.9 Å². The fraction of sp³-hybridized carbons (Fsp3) is 0.647. The molecule has 0 amide bonds. The van der Waals surface area contributed by atoms with Crippen molar-refractivity contribution < 1.29 is 9.84 Å².